The molecule has 4 rings (SSSR count). The van der Waals surface area contributed by atoms with Crippen LogP contribution >= 0.6 is 11.3 Å². The quantitative estimate of drug-likeness (QED) is 0.496. The van der Waals surface area contributed by atoms with Gasteiger partial charge in [0.2, 0.25) is 5.91 Å². The van der Waals surface area contributed by atoms with Crippen LogP contribution in [0.1, 0.15) is 36.6 Å². The minimum atomic E-state index is -0.00268. The molecule has 1 aliphatic rings. The Bertz CT molecular complexity index is 1030. The summed E-state index contributed by atoms with van der Waals surface area (Å²) in [5.74, 6) is 1.66. The highest BCUT2D eigenvalue weighted by Crippen LogP contribution is 2.27. The number of rotatable bonds is 9. The van der Waals surface area contributed by atoms with Crippen LogP contribution in [0.5, 0.6) is 11.5 Å². The molecule has 1 fully saturated rings. The summed E-state index contributed by atoms with van der Waals surface area (Å²) in [5, 5.41) is 6.03. The molecule has 1 saturated heterocycles. The molecule has 0 radical (unpaired) electrons. The van der Waals surface area contributed by atoms with Crippen molar-refractivity contribution in [2.45, 2.75) is 31.7 Å². The number of hydrogen-bond acceptors (Lipinski definition) is 6. The molecule has 0 aliphatic carbocycles. The second kappa shape index (κ2) is 11.3. The van der Waals surface area contributed by atoms with E-state index in [1.807, 2.05) is 41.8 Å². The van der Waals surface area contributed by atoms with Gasteiger partial charge in [-0.05, 0) is 67.9 Å². The van der Waals surface area contributed by atoms with Crippen LogP contribution in [0.2, 0.25) is 0 Å². The molecule has 1 amide bonds. The zero-order chi connectivity index (χ0) is 23.0. The number of methoxy groups -OCH3 is 2. The third-order valence-electron chi connectivity index (χ3n) is 6.05. The normalized spacial score (nSPS) is 15.1. The lowest BCUT2D eigenvalue weighted by atomic mass is 10.0. The molecule has 1 N–H and O–H groups in total. The fourth-order valence-corrected chi connectivity index (χ4v) is 5.03. The van der Waals surface area contributed by atoms with E-state index < -0.39 is 0 Å². The molecule has 1 aliphatic heterocycles. The molecule has 0 bridgehead atoms. The van der Waals surface area contributed by atoms with E-state index in [1.165, 1.54) is 24.8 Å². The number of ether oxygens (including phenoxy) is 2. The molecule has 3 aromatic rings. The molecule has 1 atom stereocenters. The third-order valence-corrected chi connectivity index (χ3v) is 7.00. The molecular formula is C26H31N3O3S. The smallest absolute Gasteiger partial charge is 0.226 e. The van der Waals surface area contributed by atoms with Crippen LogP contribution in [0.3, 0.4) is 0 Å². The number of nitrogens with one attached hydrogen (secondary N) is 1. The van der Waals surface area contributed by atoms with Crippen LogP contribution < -0.4 is 14.8 Å². The van der Waals surface area contributed by atoms with Crippen molar-refractivity contribution < 1.29 is 14.3 Å². The Morgan fingerprint density at radius 3 is 2.27 bits per heavy atom. The summed E-state index contributed by atoms with van der Waals surface area (Å²) in [4.78, 5) is 19.9. The van der Waals surface area contributed by atoms with Crippen molar-refractivity contribution in [3.05, 3.63) is 65.2 Å². The molecule has 1 aromatic heterocycles. The van der Waals surface area contributed by atoms with Crippen LogP contribution in [-0.4, -0.2) is 49.6 Å². The van der Waals surface area contributed by atoms with E-state index >= 15 is 0 Å². The van der Waals surface area contributed by atoms with Crippen molar-refractivity contribution in [2.24, 2.45) is 0 Å². The number of likely N-dealkylation sites (tertiary alicyclic amines) is 1. The van der Waals surface area contributed by atoms with Crippen molar-refractivity contribution in [2.75, 3.05) is 33.9 Å². The Hall–Kier alpha value is -2.90. The van der Waals surface area contributed by atoms with E-state index in [9.17, 15) is 4.79 Å². The van der Waals surface area contributed by atoms with Crippen molar-refractivity contribution in [1.82, 2.24) is 15.2 Å². The number of aromatic nitrogens is 1. The molecule has 174 valence electrons. The maximum Gasteiger partial charge on any atom is 0.226 e. The lowest BCUT2D eigenvalue weighted by molar-refractivity contribution is -0.120. The summed E-state index contributed by atoms with van der Waals surface area (Å²) in [6.07, 6.45) is 3.96. The summed E-state index contributed by atoms with van der Waals surface area (Å²) in [6.45, 7) is 2.70. The Kier molecular flexibility index (Phi) is 7.96. The fourth-order valence-electron chi connectivity index (χ4n) is 4.21. The maximum absolute atomic E-state index is 12.8. The minimum absolute atomic E-state index is 0.00268. The lowest BCUT2D eigenvalue weighted by Crippen LogP contribution is -2.41. The van der Waals surface area contributed by atoms with Crippen molar-refractivity contribution in [3.8, 4) is 22.1 Å². The monoisotopic (exact) mass is 465 g/mol. The van der Waals surface area contributed by atoms with Gasteiger partial charge >= 0.3 is 0 Å². The van der Waals surface area contributed by atoms with Crippen LogP contribution in [0.25, 0.3) is 10.6 Å². The highest BCUT2D eigenvalue weighted by Gasteiger charge is 2.23. The lowest BCUT2D eigenvalue weighted by Gasteiger charge is -2.35. The summed E-state index contributed by atoms with van der Waals surface area (Å²) in [5.41, 5.74) is 3.02. The Balaban J connectivity index is 1.38. The van der Waals surface area contributed by atoms with E-state index in [1.54, 1.807) is 25.6 Å². The van der Waals surface area contributed by atoms with Gasteiger partial charge in [0.25, 0.3) is 0 Å². The summed E-state index contributed by atoms with van der Waals surface area (Å²) >= 11 is 1.55. The van der Waals surface area contributed by atoms with Gasteiger partial charge in [0.15, 0.2) is 0 Å². The topological polar surface area (TPSA) is 63.7 Å². The average Bonchev–Trinajstić information content (AvgIpc) is 3.33. The van der Waals surface area contributed by atoms with Crippen LogP contribution in [0.15, 0.2) is 53.9 Å². The zero-order valence-electron chi connectivity index (χ0n) is 19.3. The molecule has 6 nitrogen and oxygen atoms in total. The second-order valence-electron chi connectivity index (χ2n) is 8.24. The molecule has 0 unspecified atom stereocenters. The van der Waals surface area contributed by atoms with E-state index in [0.717, 1.165) is 40.9 Å². The van der Waals surface area contributed by atoms with Gasteiger partial charge in [-0.3, -0.25) is 9.69 Å². The van der Waals surface area contributed by atoms with Crippen LogP contribution in [0, 0.1) is 0 Å². The Labute approximate surface area is 199 Å². The molecule has 0 spiro atoms. The number of amides is 1. The standard InChI is InChI=1S/C26H31N3O3S/c1-31-22-10-6-19(7-11-22)24(29-14-4-3-5-15-29)17-27-25(30)16-21-18-33-26(28-21)20-8-12-23(32-2)13-9-20/h6-13,18,24H,3-5,14-17H2,1-2H3,(H,27,30)/t24-/m1/s1. The van der Waals surface area contributed by atoms with Crippen molar-refractivity contribution >= 4 is 17.2 Å². The first kappa shape index (κ1) is 23.3. The van der Waals surface area contributed by atoms with Gasteiger partial charge < -0.3 is 14.8 Å². The van der Waals surface area contributed by atoms with E-state index in [0.29, 0.717) is 6.54 Å². The van der Waals surface area contributed by atoms with E-state index in [-0.39, 0.29) is 18.4 Å². The first-order valence-corrected chi connectivity index (χ1v) is 12.3. The fraction of sp³-hybridized carbons (Fsp3) is 0.385. The summed E-state index contributed by atoms with van der Waals surface area (Å²) in [7, 11) is 3.33. The number of piperidine rings is 1. The molecule has 2 aromatic carbocycles. The Morgan fingerprint density at radius 1 is 1.00 bits per heavy atom. The van der Waals surface area contributed by atoms with E-state index in [2.05, 4.69) is 27.3 Å². The highest BCUT2D eigenvalue weighted by molar-refractivity contribution is 7.13. The molecule has 0 saturated carbocycles. The number of thiazole rings is 1. The average molecular weight is 466 g/mol. The molecule has 2 heterocycles. The third kappa shape index (κ3) is 6.12. The molecule has 7 heteroatoms. The summed E-state index contributed by atoms with van der Waals surface area (Å²) < 4.78 is 10.5. The minimum Gasteiger partial charge on any atom is -0.497 e. The molecular weight excluding hydrogens is 434 g/mol. The van der Waals surface area contributed by atoms with Crippen molar-refractivity contribution in [1.29, 1.82) is 0 Å². The van der Waals surface area contributed by atoms with Gasteiger partial charge in [-0.1, -0.05) is 18.6 Å². The zero-order valence-corrected chi connectivity index (χ0v) is 20.1. The predicted octanol–water partition coefficient (Wildman–Crippen LogP) is 4.71. The van der Waals surface area contributed by atoms with Gasteiger partial charge in [-0.15, -0.1) is 11.3 Å². The van der Waals surface area contributed by atoms with Crippen molar-refractivity contribution in [3.63, 3.8) is 0 Å². The predicted molar refractivity (Wildman–Crippen MR) is 132 cm³/mol. The van der Waals surface area contributed by atoms with Crippen LogP contribution in [-0.2, 0) is 11.2 Å². The highest BCUT2D eigenvalue weighted by atomic mass is 32.1. The first-order valence-electron chi connectivity index (χ1n) is 11.4. The van der Waals surface area contributed by atoms with Gasteiger partial charge in [-0.2, -0.15) is 0 Å². The van der Waals surface area contributed by atoms with Gasteiger partial charge in [-0.25, -0.2) is 4.98 Å². The Morgan fingerprint density at radius 2 is 1.64 bits per heavy atom. The first-order chi connectivity index (χ1) is 16.2. The number of hydrogen-bond donors (Lipinski definition) is 1. The number of carbonyl (C=O) groups is 1. The van der Waals surface area contributed by atoms with Gasteiger partial charge in [0, 0.05) is 17.5 Å². The summed E-state index contributed by atoms with van der Waals surface area (Å²) in [6, 6.07) is 16.2. The van der Waals surface area contributed by atoms with E-state index in [4.69, 9.17) is 9.47 Å². The second-order valence-corrected chi connectivity index (χ2v) is 9.10. The molecule has 33 heavy (non-hydrogen) atoms. The number of carbonyl (C=O) groups excluding carboxylic acids is 1. The van der Waals surface area contributed by atoms with Gasteiger partial charge in [0.1, 0.15) is 16.5 Å². The maximum atomic E-state index is 12.8. The van der Waals surface area contributed by atoms with Gasteiger partial charge in [0.05, 0.1) is 32.4 Å². The number of benzene rings is 2. The number of nitrogens with zero attached hydrogens (tertiary/aromatic N) is 2. The van der Waals surface area contributed by atoms with Crippen LogP contribution in [0.4, 0.5) is 0 Å². The largest absolute Gasteiger partial charge is 0.497 e. The SMILES string of the molecule is COc1ccc(-c2nc(CC(=O)NC[C@H](c3ccc(OC)cc3)N3CCCCC3)cs2)cc1.